The van der Waals surface area contributed by atoms with Gasteiger partial charge >= 0.3 is 0 Å². The van der Waals surface area contributed by atoms with Crippen LogP contribution in [0.1, 0.15) is 11.3 Å². The molecule has 0 aliphatic rings. The minimum absolute atomic E-state index is 0.507. The molecular weight excluding hydrogens is 224 g/mol. The first-order valence-corrected chi connectivity index (χ1v) is 5.28. The highest BCUT2D eigenvalue weighted by Crippen LogP contribution is 2.19. The summed E-state index contributed by atoms with van der Waals surface area (Å²) in [6.07, 6.45) is 0. The predicted molar refractivity (Wildman–Crippen MR) is 66.3 cm³/mol. The Labute approximate surface area is 98.8 Å². The quantitative estimate of drug-likeness (QED) is 0.839. The van der Waals surface area contributed by atoms with Crippen molar-refractivity contribution in [2.24, 2.45) is 0 Å². The van der Waals surface area contributed by atoms with E-state index in [1.807, 2.05) is 31.2 Å². The largest absolute Gasteiger partial charge is 0.394 e. The van der Waals surface area contributed by atoms with Gasteiger partial charge in [0.15, 0.2) is 0 Å². The van der Waals surface area contributed by atoms with E-state index in [0.29, 0.717) is 23.1 Å². The van der Waals surface area contributed by atoms with Crippen LogP contribution in [0, 0.1) is 6.92 Å². The van der Waals surface area contributed by atoms with E-state index in [0.717, 1.165) is 11.3 Å². The van der Waals surface area contributed by atoms with E-state index < -0.39 is 0 Å². The highest BCUT2D eigenvalue weighted by molar-refractivity contribution is 6.30. The molecular formula is C11H13ClN4. The zero-order chi connectivity index (χ0) is 11.7. The number of hydrogen-bond acceptors (Lipinski definition) is 3. The molecule has 0 unspecified atom stereocenters. The second-order valence-electron chi connectivity index (χ2n) is 3.67. The molecule has 0 saturated heterocycles. The van der Waals surface area contributed by atoms with Crippen LogP contribution in [0.25, 0.3) is 0 Å². The summed E-state index contributed by atoms with van der Waals surface area (Å²) in [4.78, 5) is 0. The lowest BCUT2D eigenvalue weighted by molar-refractivity contribution is 0.689. The van der Waals surface area contributed by atoms with Crippen molar-refractivity contribution in [1.29, 1.82) is 0 Å². The topological polar surface area (TPSA) is 69.9 Å². The van der Waals surface area contributed by atoms with Crippen molar-refractivity contribution < 1.29 is 0 Å². The Balaban J connectivity index is 2.27. The molecule has 0 aliphatic heterocycles. The monoisotopic (exact) mass is 236 g/mol. The van der Waals surface area contributed by atoms with E-state index in [-0.39, 0.29) is 0 Å². The van der Waals surface area contributed by atoms with Gasteiger partial charge in [-0.15, -0.1) is 0 Å². The maximum absolute atomic E-state index is 5.83. The lowest BCUT2D eigenvalue weighted by Crippen LogP contribution is -2.06. The Morgan fingerprint density at radius 3 is 2.38 bits per heavy atom. The highest BCUT2D eigenvalue weighted by atomic mass is 35.5. The summed E-state index contributed by atoms with van der Waals surface area (Å²) in [6, 6.07) is 7.56. The number of nitrogen functional groups attached to an aromatic ring is 2. The molecule has 16 heavy (non-hydrogen) atoms. The fourth-order valence-corrected chi connectivity index (χ4v) is 1.62. The number of aryl methyl sites for hydroxylation is 1. The molecule has 1 aromatic heterocycles. The number of halogens is 1. The predicted octanol–water partition coefficient (Wildman–Crippen LogP) is 2.06. The van der Waals surface area contributed by atoms with E-state index in [9.17, 15) is 0 Å². The van der Waals surface area contributed by atoms with Gasteiger partial charge in [0.25, 0.3) is 0 Å². The van der Waals surface area contributed by atoms with E-state index in [1.54, 1.807) is 4.68 Å². The van der Waals surface area contributed by atoms with Gasteiger partial charge in [0.2, 0.25) is 0 Å². The van der Waals surface area contributed by atoms with Gasteiger partial charge < -0.3 is 11.5 Å². The molecule has 2 aromatic rings. The van der Waals surface area contributed by atoms with E-state index in [1.165, 1.54) is 0 Å². The van der Waals surface area contributed by atoms with Gasteiger partial charge in [-0.2, -0.15) is 5.10 Å². The number of aromatic nitrogens is 2. The summed E-state index contributed by atoms with van der Waals surface area (Å²) in [5.41, 5.74) is 14.0. The van der Waals surface area contributed by atoms with Crippen molar-refractivity contribution in [3.8, 4) is 0 Å². The molecule has 0 aliphatic carbocycles. The first kappa shape index (κ1) is 10.8. The van der Waals surface area contributed by atoms with Crippen LogP contribution in [0.3, 0.4) is 0 Å². The third-order valence-electron chi connectivity index (χ3n) is 2.46. The van der Waals surface area contributed by atoms with Crippen LogP contribution < -0.4 is 11.5 Å². The molecule has 1 aromatic carbocycles. The molecule has 2 rings (SSSR count). The Hall–Kier alpha value is -1.68. The summed E-state index contributed by atoms with van der Waals surface area (Å²) >= 11 is 5.81. The van der Waals surface area contributed by atoms with Crippen molar-refractivity contribution in [3.05, 3.63) is 40.5 Å². The van der Waals surface area contributed by atoms with Crippen LogP contribution in [-0.4, -0.2) is 9.78 Å². The number of nitrogens with two attached hydrogens (primary N) is 2. The first-order valence-electron chi connectivity index (χ1n) is 4.90. The fraction of sp³-hybridized carbons (Fsp3) is 0.182. The highest BCUT2D eigenvalue weighted by Gasteiger charge is 2.08. The first-order chi connectivity index (χ1) is 7.58. The Bertz CT molecular complexity index is 501. The van der Waals surface area contributed by atoms with Crippen LogP contribution in [0.15, 0.2) is 24.3 Å². The number of anilines is 2. The molecule has 0 saturated carbocycles. The van der Waals surface area contributed by atoms with Crippen LogP contribution in [0.5, 0.6) is 0 Å². The summed E-state index contributed by atoms with van der Waals surface area (Å²) in [6.45, 7) is 2.44. The van der Waals surface area contributed by atoms with Crippen LogP contribution in [0.4, 0.5) is 11.5 Å². The van der Waals surface area contributed by atoms with Gasteiger partial charge in [0, 0.05) is 5.02 Å². The average Bonchev–Trinajstić information content (AvgIpc) is 2.50. The zero-order valence-electron chi connectivity index (χ0n) is 8.94. The summed E-state index contributed by atoms with van der Waals surface area (Å²) in [5.74, 6) is 0.507. The molecule has 4 N–H and O–H groups in total. The third kappa shape index (κ3) is 1.97. The van der Waals surface area contributed by atoms with Gasteiger partial charge in [-0.1, -0.05) is 23.7 Å². The second-order valence-corrected chi connectivity index (χ2v) is 4.10. The maximum Gasteiger partial charge on any atom is 0.145 e. The molecule has 0 radical (unpaired) electrons. The molecule has 4 nitrogen and oxygen atoms in total. The van der Waals surface area contributed by atoms with Crippen molar-refractivity contribution in [2.75, 3.05) is 11.5 Å². The Morgan fingerprint density at radius 1 is 1.25 bits per heavy atom. The summed E-state index contributed by atoms with van der Waals surface area (Å²) in [7, 11) is 0. The maximum atomic E-state index is 5.83. The van der Waals surface area contributed by atoms with Gasteiger partial charge in [0.05, 0.1) is 17.9 Å². The van der Waals surface area contributed by atoms with Crippen molar-refractivity contribution in [1.82, 2.24) is 9.78 Å². The summed E-state index contributed by atoms with van der Waals surface area (Å²) < 4.78 is 1.69. The van der Waals surface area contributed by atoms with E-state index >= 15 is 0 Å². The zero-order valence-corrected chi connectivity index (χ0v) is 9.70. The van der Waals surface area contributed by atoms with Crippen molar-refractivity contribution >= 4 is 23.1 Å². The van der Waals surface area contributed by atoms with Crippen molar-refractivity contribution in [3.63, 3.8) is 0 Å². The standard InChI is InChI=1S/C11H13ClN4/c1-7-10(13)11(14)16(15-7)6-8-2-4-9(12)5-3-8/h2-5H,6,13-14H2,1H3. The van der Waals surface area contributed by atoms with Gasteiger partial charge in [-0.3, -0.25) is 0 Å². The number of hydrogen-bond donors (Lipinski definition) is 2. The Kier molecular flexibility index (Phi) is 2.75. The molecule has 1 heterocycles. The van der Waals surface area contributed by atoms with Gasteiger partial charge in [-0.05, 0) is 24.6 Å². The summed E-state index contributed by atoms with van der Waals surface area (Å²) in [5, 5.41) is 4.98. The molecule has 5 heteroatoms. The third-order valence-corrected chi connectivity index (χ3v) is 2.71. The van der Waals surface area contributed by atoms with E-state index in [2.05, 4.69) is 5.10 Å². The number of nitrogens with zero attached hydrogens (tertiary/aromatic N) is 2. The van der Waals surface area contributed by atoms with Crippen LogP contribution in [-0.2, 0) is 6.54 Å². The SMILES string of the molecule is Cc1nn(Cc2ccc(Cl)cc2)c(N)c1N. The normalized spacial score (nSPS) is 10.6. The molecule has 0 bridgehead atoms. The van der Waals surface area contributed by atoms with Crippen LogP contribution >= 0.6 is 11.6 Å². The molecule has 0 fully saturated rings. The molecule has 0 spiro atoms. The lowest BCUT2D eigenvalue weighted by Gasteiger charge is -2.04. The van der Waals surface area contributed by atoms with Crippen molar-refractivity contribution in [2.45, 2.75) is 13.5 Å². The minimum Gasteiger partial charge on any atom is -0.394 e. The number of rotatable bonds is 2. The molecule has 84 valence electrons. The van der Waals surface area contributed by atoms with Gasteiger partial charge in [0.1, 0.15) is 5.82 Å². The van der Waals surface area contributed by atoms with Gasteiger partial charge in [-0.25, -0.2) is 4.68 Å². The second kappa shape index (κ2) is 4.06. The van der Waals surface area contributed by atoms with Crippen LogP contribution in [0.2, 0.25) is 5.02 Å². The number of benzene rings is 1. The smallest absolute Gasteiger partial charge is 0.145 e. The molecule has 0 amide bonds. The fourth-order valence-electron chi connectivity index (χ4n) is 1.50. The van der Waals surface area contributed by atoms with E-state index in [4.69, 9.17) is 23.1 Å². The molecule has 0 atom stereocenters. The Morgan fingerprint density at radius 2 is 1.88 bits per heavy atom. The average molecular weight is 237 g/mol. The minimum atomic E-state index is 0.507. The lowest BCUT2D eigenvalue weighted by atomic mass is 10.2.